The smallest absolute Gasteiger partial charge is 0.327 e. The Hall–Kier alpha value is -1.63. The molecule has 2 rings (SSSR count). The van der Waals surface area contributed by atoms with Crippen molar-refractivity contribution in [3.05, 3.63) is 35.4 Å². The second-order valence-corrected chi connectivity index (χ2v) is 5.59. The maximum Gasteiger partial charge on any atom is 0.327 e. The highest BCUT2D eigenvalue weighted by atomic mass is 32.2. The first-order valence-electron chi connectivity index (χ1n) is 6.03. The van der Waals surface area contributed by atoms with E-state index in [0.29, 0.717) is 23.6 Å². The van der Waals surface area contributed by atoms with Crippen LogP contribution in [-0.2, 0) is 16.0 Å². The number of aliphatic carboxylic acids is 1. The number of hydrogen-bond donors (Lipinski definition) is 1. The van der Waals surface area contributed by atoms with E-state index in [4.69, 9.17) is 5.11 Å². The monoisotopic (exact) mass is 301 g/mol. The Morgan fingerprint density at radius 3 is 2.75 bits per heavy atom. The van der Waals surface area contributed by atoms with Gasteiger partial charge in [0.05, 0.1) is 6.42 Å². The lowest BCUT2D eigenvalue weighted by Crippen LogP contribution is -2.50. The van der Waals surface area contributed by atoms with Crippen LogP contribution in [0.5, 0.6) is 0 Å². The number of benzene rings is 1. The van der Waals surface area contributed by atoms with E-state index in [1.165, 1.54) is 22.7 Å². The maximum absolute atomic E-state index is 13.1. The van der Waals surface area contributed by atoms with Gasteiger partial charge in [-0.3, -0.25) is 4.79 Å². The van der Waals surface area contributed by atoms with Crippen molar-refractivity contribution < 1.29 is 23.5 Å². The molecule has 4 nitrogen and oxygen atoms in total. The quantitative estimate of drug-likeness (QED) is 0.920. The summed E-state index contributed by atoms with van der Waals surface area (Å²) in [5, 5.41) is 9.09. The standard InChI is InChI=1S/C13H13F2NO3S/c14-9-2-1-8(5-10(9)15)6-12(17)16-3-4-20-7-11(16)13(18)19/h1-2,5,11H,3-4,6-7H2,(H,18,19). The van der Waals surface area contributed by atoms with Crippen molar-refractivity contribution in [1.29, 1.82) is 0 Å². The topological polar surface area (TPSA) is 57.6 Å². The summed E-state index contributed by atoms with van der Waals surface area (Å²) in [7, 11) is 0. The third-order valence-corrected chi connectivity index (χ3v) is 4.10. The van der Waals surface area contributed by atoms with Crippen molar-refractivity contribution in [3.8, 4) is 0 Å². The highest BCUT2D eigenvalue weighted by Gasteiger charge is 2.32. The first-order chi connectivity index (χ1) is 9.49. The number of nitrogens with zero attached hydrogens (tertiary/aromatic N) is 1. The summed E-state index contributed by atoms with van der Waals surface area (Å²) < 4.78 is 25.9. The lowest BCUT2D eigenvalue weighted by molar-refractivity contribution is -0.148. The molecule has 1 fully saturated rings. The molecule has 108 valence electrons. The molecule has 0 bridgehead atoms. The number of rotatable bonds is 3. The molecular formula is C13H13F2NO3S. The van der Waals surface area contributed by atoms with Gasteiger partial charge < -0.3 is 10.0 Å². The van der Waals surface area contributed by atoms with Crippen molar-refractivity contribution in [2.75, 3.05) is 18.1 Å². The van der Waals surface area contributed by atoms with Crippen LogP contribution < -0.4 is 0 Å². The fourth-order valence-electron chi connectivity index (χ4n) is 2.03. The van der Waals surface area contributed by atoms with Gasteiger partial charge in [-0.2, -0.15) is 11.8 Å². The average Bonchev–Trinajstić information content (AvgIpc) is 2.43. The molecule has 7 heteroatoms. The minimum atomic E-state index is -1.05. The van der Waals surface area contributed by atoms with E-state index in [9.17, 15) is 18.4 Å². The molecule has 0 saturated carbocycles. The number of thioether (sulfide) groups is 1. The predicted molar refractivity (Wildman–Crippen MR) is 70.5 cm³/mol. The van der Waals surface area contributed by atoms with Gasteiger partial charge in [-0.15, -0.1) is 0 Å². The van der Waals surface area contributed by atoms with Crippen molar-refractivity contribution in [2.24, 2.45) is 0 Å². The molecule has 1 aliphatic rings. The van der Waals surface area contributed by atoms with Gasteiger partial charge in [-0.25, -0.2) is 13.6 Å². The van der Waals surface area contributed by atoms with Gasteiger partial charge in [0.2, 0.25) is 5.91 Å². The van der Waals surface area contributed by atoms with Crippen LogP contribution in [0.15, 0.2) is 18.2 Å². The van der Waals surface area contributed by atoms with E-state index in [1.54, 1.807) is 0 Å². The zero-order chi connectivity index (χ0) is 14.7. The Balaban J connectivity index is 2.09. The van der Waals surface area contributed by atoms with Crippen molar-refractivity contribution in [3.63, 3.8) is 0 Å². The number of carbonyl (C=O) groups is 2. The van der Waals surface area contributed by atoms with E-state index in [-0.39, 0.29) is 12.3 Å². The van der Waals surface area contributed by atoms with E-state index in [0.717, 1.165) is 12.1 Å². The van der Waals surface area contributed by atoms with Crippen molar-refractivity contribution in [1.82, 2.24) is 4.90 Å². The van der Waals surface area contributed by atoms with Gasteiger partial charge in [-0.05, 0) is 17.7 Å². The minimum absolute atomic E-state index is 0.133. The van der Waals surface area contributed by atoms with Crippen LogP contribution in [0, 0.1) is 11.6 Å². The summed E-state index contributed by atoms with van der Waals surface area (Å²) in [5.41, 5.74) is 0.330. The molecule has 1 aliphatic heterocycles. The molecule has 1 amide bonds. The summed E-state index contributed by atoms with van der Waals surface area (Å²) >= 11 is 1.48. The third-order valence-electron chi connectivity index (χ3n) is 3.07. The van der Waals surface area contributed by atoms with Crippen molar-refractivity contribution >= 4 is 23.6 Å². The summed E-state index contributed by atoms with van der Waals surface area (Å²) in [5.74, 6) is -2.40. The molecule has 1 heterocycles. The molecule has 1 unspecified atom stereocenters. The molecule has 0 radical (unpaired) electrons. The molecule has 1 atom stereocenters. The zero-order valence-electron chi connectivity index (χ0n) is 10.5. The van der Waals surface area contributed by atoms with Crippen LogP contribution in [0.2, 0.25) is 0 Å². The fraction of sp³-hybridized carbons (Fsp3) is 0.385. The average molecular weight is 301 g/mol. The normalized spacial score (nSPS) is 18.9. The van der Waals surface area contributed by atoms with Crippen LogP contribution in [0.4, 0.5) is 8.78 Å². The lowest BCUT2D eigenvalue weighted by atomic mass is 10.1. The largest absolute Gasteiger partial charge is 0.480 e. The minimum Gasteiger partial charge on any atom is -0.480 e. The van der Waals surface area contributed by atoms with Crippen LogP contribution >= 0.6 is 11.8 Å². The van der Waals surface area contributed by atoms with Gasteiger partial charge in [0.1, 0.15) is 6.04 Å². The second-order valence-electron chi connectivity index (χ2n) is 4.44. The molecule has 1 aromatic rings. The van der Waals surface area contributed by atoms with Crippen LogP contribution in [-0.4, -0.2) is 46.0 Å². The number of carboxylic acids is 1. The first kappa shape index (κ1) is 14.8. The van der Waals surface area contributed by atoms with E-state index in [2.05, 4.69) is 0 Å². The highest BCUT2D eigenvalue weighted by molar-refractivity contribution is 7.99. The van der Waals surface area contributed by atoms with Gasteiger partial charge in [-0.1, -0.05) is 6.07 Å². The Kier molecular flexibility index (Phi) is 4.59. The van der Waals surface area contributed by atoms with E-state index in [1.807, 2.05) is 0 Å². The number of carbonyl (C=O) groups excluding carboxylic acids is 1. The number of carboxylic acid groups (broad SMARTS) is 1. The molecule has 1 aromatic carbocycles. The Morgan fingerprint density at radius 1 is 1.35 bits per heavy atom. The summed E-state index contributed by atoms with van der Waals surface area (Å²) in [6, 6.07) is 2.39. The Morgan fingerprint density at radius 2 is 2.10 bits per heavy atom. The van der Waals surface area contributed by atoms with Crippen LogP contribution in [0.3, 0.4) is 0 Å². The first-order valence-corrected chi connectivity index (χ1v) is 7.18. The highest BCUT2D eigenvalue weighted by Crippen LogP contribution is 2.18. The lowest BCUT2D eigenvalue weighted by Gasteiger charge is -2.32. The summed E-state index contributed by atoms with van der Waals surface area (Å²) in [6.07, 6.45) is -0.133. The molecule has 1 saturated heterocycles. The van der Waals surface area contributed by atoms with Gasteiger partial charge >= 0.3 is 5.97 Å². The number of halogens is 2. The number of hydrogen-bond acceptors (Lipinski definition) is 3. The Labute approximate surface area is 118 Å². The zero-order valence-corrected chi connectivity index (χ0v) is 11.3. The Bertz CT molecular complexity index is 538. The maximum atomic E-state index is 13.1. The second kappa shape index (κ2) is 6.21. The van der Waals surface area contributed by atoms with Gasteiger partial charge in [0, 0.05) is 18.1 Å². The molecular weight excluding hydrogens is 288 g/mol. The SMILES string of the molecule is O=C(O)C1CSCCN1C(=O)Cc1ccc(F)c(F)c1. The molecule has 0 spiro atoms. The van der Waals surface area contributed by atoms with Crippen LogP contribution in [0.25, 0.3) is 0 Å². The molecule has 0 aliphatic carbocycles. The fourth-order valence-corrected chi connectivity index (χ4v) is 3.07. The van der Waals surface area contributed by atoms with Crippen molar-refractivity contribution in [2.45, 2.75) is 12.5 Å². The van der Waals surface area contributed by atoms with E-state index >= 15 is 0 Å². The molecule has 20 heavy (non-hydrogen) atoms. The molecule has 0 aromatic heterocycles. The third kappa shape index (κ3) is 3.27. The number of amides is 1. The molecule has 1 N–H and O–H groups in total. The van der Waals surface area contributed by atoms with Crippen LogP contribution in [0.1, 0.15) is 5.56 Å². The van der Waals surface area contributed by atoms with Gasteiger partial charge in [0.15, 0.2) is 11.6 Å². The van der Waals surface area contributed by atoms with E-state index < -0.39 is 23.6 Å². The summed E-state index contributed by atoms with van der Waals surface area (Å²) in [4.78, 5) is 24.5. The van der Waals surface area contributed by atoms with Gasteiger partial charge in [0.25, 0.3) is 0 Å². The predicted octanol–water partition coefficient (Wildman–Crippen LogP) is 1.54. The summed E-state index contributed by atoms with van der Waals surface area (Å²) in [6.45, 7) is 0.351.